The van der Waals surface area contributed by atoms with Gasteiger partial charge >= 0.3 is 0 Å². The third kappa shape index (κ3) is 2.55. The van der Waals surface area contributed by atoms with Crippen LogP contribution >= 0.6 is 0 Å². The highest BCUT2D eigenvalue weighted by Gasteiger charge is 2.32. The van der Waals surface area contributed by atoms with Crippen molar-refractivity contribution in [2.75, 3.05) is 13.1 Å². The summed E-state index contributed by atoms with van der Waals surface area (Å²) in [7, 11) is 0. The number of aromatic nitrogens is 3. The van der Waals surface area contributed by atoms with Gasteiger partial charge in [0.05, 0.1) is 12.3 Å². The predicted molar refractivity (Wildman–Crippen MR) is 88.7 cm³/mol. The molecule has 2 aromatic heterocycles. The Morgan fingerprint density at radius 2 is 2.04 bits per heavy atom. The third-order valence-corrected chi connectivity index (χ3v) is 4.61. The van der Waals surface area contributed by atoms with Crippen molar-refractivity contribution in [1.29, 1.82) is 0 Å². The number of hydrogen-bond donors (Lipinski definition) is 1. The van der Waals surface area contributed by atoms with Crippen molar-refractivity contribution in [2.24, 2.45) is 0 Å². The van der Waals surface area contributed by atoms with Gasteiger partial charge in [0, 0.05) is 31.4 Å². The summed E-state index contributed by atoms with van der Waals surface area (Å²) >= 11 is 0. The van der Waals surface area contributed by atoms with Gasteiger partial charge < -0.3 is 10.0 Å². The minimum absolute atomic E-state index is 0.0669. The van der Waals surface area contributed by atoms with E-state index >= 15 is 0 Å². The highest BCUT2D eigenvalue weighted by Crippen LogP contribution is 2.29. The number of likely N-dealkylation sites (tertiary alicyclic amines) is 1. The highest BCUT2D eigenvalue weighted by atomic mass is 16.3. The topological polar surface area (TPSA) is 70.7 Å². The lowest BCUT2D eigenvalue weighted by Crippen LogP contribution is -2.45. The Labute approximate surface area is 139 Å². The molecule has 1 N–H and O–H groups in total. The van der Waals surface area contributed by atoms with Crippen LogP contribution in [-0.2, 0) is 0 Å². The van der Waals surface area contributed by atoms with Gasteiger partial charge in [-0.2, -0.15) is 5.10 Å². The third-order valence-electron chi connectivity index (χ3n) is 4.61. The summed E-state index contributed by atoms with van der Waals surface area (Å²) in [5.41, 5.74) is 2.14. The molecule has 0 spiro atoms. The highest BCUT2D eigenvalue weighted by molar-refractivity contribution is 5.99. The molecule has 0 radical (unpaired) electrons. The maximum Gasteiger partial charge on any atom is 0.259 e. The number of aliphatic hydroxyl groups is 1. The molecule has 4 rings (SSSR count). The summed E-state index contributed by atoms with van der Waals surface area (Å²) in [6, 6.07) is 11.7. The van der Waals surface area contributed by atoms with Crippen molar-refractivity contribution in [1.82, 2.24) is 19.5 Å². The first-order valence-electron chi connectivity index (χ1n) is 8.04. The number of β-amino-alcohol motifs (C(OH)–C–C–N with tert-alkyl or cyclic N) is 1. The van der Waals surface area contributed by atoms with Crippen LogP contribution in [0, 0.1) is 0 Å². The van der Waals surface area contributed by atoms with Gasteiger partial charge in [0.1, 0.15) is 5.56 Å². The van der Waals surface area contributed by atoms with Gasteiger partial charge in [-0.15, -0.1) is 0 Å². The van der Waals surface area contributed by atoms with Gasteiger partial charge in [-0.1, -0.05) is 30.3 Å². The molecule has 0 saturated carbocycles. The van der Waals surface area contributed by atoms with E-state index in [9.17, 15) is 9.90 Å². The first-order chi connectivity index (χ1) is 11.7. The quantitative estimate of drug-likeness (QED) is 0.780. The number of rotatable bonds is 2. The minimum Gasteiger partial charge on any atom is -0.391 e. The fraction of sp³-hybridized carbons (Fsp3) is 0.278. The monoisotopic (exact) mass is 322 g/mol. The van der Waals surface area contributed by atoms with Gasteiger partial charge in [0.15, 0.2) is 5.65 Å². The van der Waals surface area contributed by atoms with E-state index < -0.39 is 6.10 Å². The summed E-state index contributed by atoms with van der Waals surface area (Å²) in [6.07, 6.45) is 5.11. The lowest BCUT2D eigenvalue weighted by molar-refractivity contribution is 0.0383. The molecule has 3 aromatic rings. The Balaban J connectivity index is 1.53. The number of hydrogen-bond acceptors (Lipinski definition) is 4. The van der Waals surface area contributed by atoms with Crippen molar-refractivity contribution in [3.63, 3.8) is 0 Å². The van der Waals surface area contributed by atoms with E-state index in [1.165, 1.54) is 0 Å². The van der Waals surface area contributed by atoms with E-state index in [2.05, 4.69) is 10.1 Å². The second-order valence-electron chi connectivity index (χ2n) is 6.07. The van der Waals surface area contributed by atoms with Crippen LogP contribution in [0.15, 0.2) is 55.0 Å². The number of carbonyl (C=O) groups is 1. The van der Waals surface area contributed by atoms with Crippen LogP contribution in [0.2, 0.25) is 0 Å². The molecule has 24 heavy (non-hydrogen) atoms. The molecule has 0 unspecified atom stereocenters. The molecule has 1 fully saturated rings. The minimum atomic E-state index is -0.570. The summed E-state index contributed by atoms with van der Waals surface area (Å²) in [6.45, 7) is 0.933. The maximum absolute atomic E-state index is 12.8. The molecule has 2 atom stereocenters. The average molecular weight is 322 g/mol. The molecule has 3 heterocycles. The van der Waals surface area contributed by atoms with Crippen molar-refractivity contribution in [3.05, 3.63) is 66.1 Å². The van der Waals surface area contributed by atoms with Crippen LogP contribution in [0.25, 0.3) is 5.65 Å². The molecule has 6 nitrogen and oxygen atoms in total. The normalized spacial score (nSPS) is 21.1. The van der Waals surface area contributed by atoms with E-state index in [1.807, 2.05) is 30.3 Å². The molecular formula is C18H18N4O2. The van der Waals surface area contributed by atoms with Crippen LogP contribution in [0.5, 0.6) is 0 Å². The van der Waals surface area contributed by atoms with Crippen molar-refractivity contribution in [2.45, 2.75) is 18.4 Å². The summed E-state index contributed by atoms with van der Waals surface area (Å²) in [4.78, 5) is 18.7. The van der Waals surface area contributed by atoms with Gasteiger partial charge in [-0.3, -0.25) is 4.79 Å². The molecule has 1 aliphatic heterocycles. The van der Waals surface area contributed by atoms with Gasteiger partial charge in [-0.05, 0) is 18.1 Å². The Morgan fingerprint density at radius 3 is 2.83 bits per heavy atom. The first-order valence-corrected chi connectivity index (χ1v) is 8.04. The maximum atomic E-state index is 12.8. The van der Waals surface area contributed by atoms with Crippen LogP contribution in [0.1, 0.15) is 28.3 Å². The smallest absolute Gasteiger partial charge is 0.259 e. The Morgan fingerprint density at radius 1 is 1.21 bits per heavy atom. The van der Waals surface area contributed by atoms with E-state index in [4.69, 9.17) is 0 Å². The molecule has 122 valence electrons. The largest absolute Gasteiger partial charge is 0.391 e. The lowest BCUT2D eigenvalue weighted by atomic mass is 9.87. The number of amides is 1. The molecule has 6 heteroatoms. The van der Waals surface area contributed by atoms with Crippen molar-refractivity contribution >= 4 is 11.6 Å². The molecule has 1 aliphatic rings. The number of nitrogens with zero attached hydrogens (tertiary/aromatic N) is 4. The zero-order valence-electron chi connectivity index (χ0n) is 13.1. The first kappa shape index (κ1) is 14.8. The number of benzene rings is 1. The lowest BCUT2D eigenvalue weighted by Gasteiger charge is -2.36. The fourth-order valence-corrected chi connectivity index (χ4v) is 3.35. The zero-order chi connectivity index (χ0) is 16.5. The van der Waals surface area contributed by atoms with Gasteiger partial charge in [0.2, 0.25) is 0 Å². The predicted octanol–water partition coefficient (Wildman–Crippen LogP) is 1.72. The summed E-state index contributed by atoms with van der Waals surface area (Å²) in [5, 5.41) is 14.7. The van der Waals surface area contributed by atoms with Crippen LogP contribution < -0.4 is 0 Å². The van der Waals surface area contributed by atoms with E-state index in [0.717, 1.165) is 12.0 Å². The van der Waals surface area contributed by atoms with Crippen LogP contribution in [0.4, 0.5) is 0 Å². The second kappa shape index (κ2) is 6.05. The molecule has 1 aromatic carbocycles. The second-order valence-corrected chi connectivity index (χ2v) is 6.07. The zero-order valence-corrected chi connectivity index (χ0v) is 13.1. The Kier molecular flexibility index (Phi) is 3.74. The van der Waals surface area contributed by atoms with Crippen molar-refractivity contribution < 1.29 is 9.90 Å². The van der Waals surface area contributed by atoms with Gasteiger partial charge in [0.25, 0.3) is 5.91 Å². The Hall–Kier alpha value is -2.73. The molecule has 0 aliphatic carbocycles. The molecule has 0 bridgehead atoms. The Bertz CT molecular complexity index is 862. The molecule has 1 saturated heterocycles. The molecule has 1 amide bonds. The van der Waals surface area contributed by atoms with Crippen LogP contribution in [-0.4, -0.2) is 49.7 Å². The number of fused-ring (bicyclic) bond motifs is 1. The van der Waals surface area contributed by atoms with E-state index in [0.29, 0.717) is 24.3 Å². The SMILES string of the molecule is O=C(c1cnn2cccnc12)N1CC[C@@H](c2ccccc2)[C@H](O)C1. The average Bonchev–Trinajstić information content (AvgIpc) is 3.06. The number of carbonyl (C=O) groups excluding carboxylic acids is 1. The van der Waals surface area contributed by atoms with E-state index in [-0.39, 0.29) is 11.8 Å². The number of piperidine rings is 1. The van der Waals surface area contributed by atoms with Gasteiger partial charge in [-0.25, -0.2) is 9.50 Å². The standard InChI is InChI=1S/C18H18N4O2/c23-16-12-21(10-7-14(16)13-5-2-1-3-6-13)18(24)15-11-20-22-9-4-8-19-17(15)22/h1-6,8-9,11,14,16,23H,7,10,12H2/t14-,16+/m0/s1. The fourth-order valence-electron chi connectivity index (χ4n) is 3.35. The molecular weight excluding hydrogens is 304 g/mol. The number of aliphatic hydroxyl groups excluding tert-OH is 1. The van der Waals surface area contributed by atoms with Crippen LogP contribution in [0.3, 0.4) is 0 Å². The summed E-state index contributed by atoms with van der Waals surface area (Å²) < 4.78 is 1.58. The summed E-state index contributed by atoms with van der Waals surface area (Å²) in [5.74, 6) is -0.0634. The van der Waals surface area contributed by atoms with E-state index in [1.54, 1.807) is 34.1 Å². The van der Waals surface area contributed by atoms with Crippen molar-refractivity contribution in [3.8, 4) is 0 Å².